The van der Waals surface area contributed by atoms with Gasteiger partial charge in [0.2, 0.25) is 0 Å². The Morgan fingerprint density at radius 3 is 2.00 bits per heavy atom. The fourth-order valence-electron chi connectivity index (χ4n) is 1.72. The number of carbonyl (C=O) groups is 1. The first-order valence-electron chi connectivity index (χ1n) is 7.59. The van der Waals surface area contributed by atoms with E-state index in [1.54, 1.807) is 48.5 Å². The van der Waals surface area contributed by atoms with E-state index in [0.717, 1.165) is 0 Å². The third-order valence-electron chi connectivity index (χ3n) is 2.64. The molecule has 0 aromatic rings. The van der Waals surface area contributed by atoms with Gasteiger partial charge in [-0.15, -0.1) is 0 Å². The molecule has 1 heterocycles. The molecule has 0 bridgehead atoms. The van der Waals surface area contributed by atoms with Crippen LogP contribution in [0.3, 0.4) is 0 Å². The molecule has 130 valence electrons. The number of carbonyl (C=O) groups excluding carboxylic acids is 1. The maximum absolute atomic E-state index is 13.2. The molecule has 0 radical (unpaired) electrons. The number of hydrogen-bond donors (Lipinski definition) is 0. The molecule has 2 unspecified atom stereocenters. The second-order valence-electron chi connectivity index (χ2n) is 7.64. The Morgan fingerprint density at radius 2 is 1.64 bits per heavy atom. The first-order chi connectivity index (χ1) is 9.81. The van der Waals surface area contributed by atoms with E-state index in [9.17, 15) is 9.36 Å². The molecule has 0 spiro atoms. The van der Waals surface area contributed by atoms with Crippen LogP contribution in [0.2, 0.25) is 0 Å². The minimum atomic E-state index is -3.47. The van der Waals surface area contributed by atoms with Crippen molar-refractivity contribution in [2.24, 2.45) is 0 Å². The highest BCUT2D eigenvalue weighted by atomic mass is 31.2. The van der Waals surface area contributed by atoms with Crippen molar-refractivity contribution < 1.29 is 27.9 Å². The van der Waals surface area contributed by atoms with Crippen molar-refractivity contribution >= 4 is 13.6 Å². The van der Waals surface area contributed by atoms with E-state index in [1.807, 2.05) is 0 Å². The SMILES string of the molecule is CC(CC(=O)OCC1CO1)P(=O)(OC(C)(C)C)OC(C)(C)C. The van der Waals surface area contributed by atoms with Gasteiger partial charge < -0.3 is 18.5 Å². The van der Waals surface area contributed by atoms with Crippen molar-refractivity contribution in [2.75, 3.05) is 13.2 Å². The van der Waals surface area contributed by atoms with E-state index in [0.29, 0.717) is 6.61 Å². The van der Waals surface area contributed by atoms with Crippen LogP contribution in [0.25, 0.3) is 0 Å². The van der Waals surface area contributed by atoms with Gasteiger partial charge in [0.25, 0.3) is 0 Å². The third-order valence-corrected chi connectivity index (χ3v) is 5.50. The Bertz CT molecular complexity index is 410. The molecular formula is C15H29O6P. The number of ether oxygens (including phenoxy) is 2. The van der Waals surface area contributed by atoms with E-state index >= 15 is 0 Å². The summed E-state index contributed by atoms with van der Waals surface area (Å²) in [4.78, 5) is 11.9. The Kier molecular flexibility index (Phi) is 6.24. The van der Waals surface area contributed by atoms with Gasteiger partial charge in [0, 0.05) is 0 Å². The predicted molar refractivity (Wildman–Crippen MR) is 84.1 cm³/mol. The molecule has 2 atom stereocenters. The number of epoxide rings is 1. The lowest BCUT2D eigenvalue weighted by atomic mass is 10.2. The smallest absolute Gasteiger partial charge is 0.335 e. The standard InChI is InChI=1S/C15H29O6P/c1-11(8-13(16)19-10-12-9-18-12)22(17,20-14(2,3)4)21-15(5,6)7/h11-12H,8-10H2,1-7H3. The molecule has 1 rings (SSSR count). The van der Waals surface area contributed by atoms with Crippen LogP contribution in [-0.4, -0.2) is 42.1 Å². The zero-order valence-corrected chi connectivity index (χ0v) is 15.6. The number of hydrogen-bond acceptors (Lipinski definition) is 6. The topological polar surface area (TPSA) is 74.4 Å². The molecule has 1 saturated heterocycles. The minimum Gasteiger partial charge on any atom is -0.463 e. The Labute approximate surface area is 133 Å². The van der Waals surface area contributed by atoms with Crippen LogP contribution >= 0.6 is 7.60 Å². The van der Waals surface area contributed by atoms with Crippen LogP contribution in [-0.2, 0) is 27.9 Å². The van der Waals surface area contributed by atoms with Crippen molar-refractivity contribution in [3.63, 3.8) is 0 Å². The van der Waals surface area contributed by atoms with E-state index in [-0.39, 0.29) is 19.1 Å². The summed E-state index contributed by atoms with van der Waals surface area (Å²) in [5.41, 5.74) is -1.86. The zero-order chi connectivity index (χ0) is 17.2. The summed E-state index contributed by atoms with van der Waals surface area (Å²) in [6.07, 6.45) is -0.00130. The largest absolute Gasteiger partial charge is 0.463 e. The predicted octanol–water partition coefficient (Wildman–Crippen LogP) is 3.53. The van der Waals surface area contributed by atoms with Crippen LogP contribution in [0, 0.1) is 0 Å². The fourth-order valence-corrected chi connectivity index (χ4v) is 4.02. The van der Waals surface area contributed by atoms with Gasteiger partial charge in [0.1, 0.15) is 12.7 Å². The van der Waals surface area contributed by atoms with Crippen molar-refractivity contribution in [3.05, 3.63) is 0 Å². The lowest BCUT2D eigenvalue weighted by Crippen LogP contribution is -2.28. The number of esters is 1. The first-order valence-corrected chi connectivity index (χ1v) is 9.20. The molecule has 22 heavy (non-hydrogen) atoms. The third kappa shape index (κ3) is 7.73. The quantitative estimate of drug-likeness (QED) is 0.402. The van der Waals surface area contributed by atoms with E-state index in [4.69, 9.17) is 18.5 Å². The van der Waals surface area contributed by atoms with Gasteiger partial charge in [-0.25, -0.2) is 0 Å². The highest BCUT2D eigenvalue weighted by Gasteiger charge is 2.41. The molecule has 0 aromatic heterocycles. The molecule has 0 aromatic carbocycles. The second-order valence-corrected chi connectivity index (χ2v) is 9.97. The molecule has 1 fully saturated rings. The van der Waals surface area contributed by atoms with Crippen LogP contribution in [0.4, 0.5) is 0 Å². The molecule has 0 aliphatic carbocycles. The van der Waals surface area contributed by atoms with Gasteiger partial charge in [0.15, 0.2) is 0 Å². The molecule has 7 heteroatoms. The van der Waals surface area contributed by atoms with Gasteiger partial charge in [-0.05, 0) is 41.5 Å². The van der Waals surface area contributed by atoms with Crippen LogP contribution in [0.15, 0.2) is 0 Å². The Balaban J connectivity index is 2.70. The van der Waals surface area contributed by atoms with E-state index in [2.05, 4.69) is 0 Å². The molecular weight excluding hydrogens is 307 g/mol. The highest BCUT2D eigenvalue weighted by molar-refractivity contribution is 7.54. The van der Waals surface area contributed by atoms with Gasteiger partial charge in [-0.2, -0.15) is 0 Å². The Hall–Kier alpha value is -0.420. The first kappa shape index (κ1) is 19.6. The lowest BCUT2D eigenvalue weighted by Gasteiger charge is -2.34. The summed E-state index contributed by atoms with van der Waals surface area (Å²) in [7, 11) is -3.47. The van der Waals surface area contributed by atoms with Gasteiger partial charge in [-0.1, -0.05) is 6.92 Å². The maximum atomic E-state index is 13.2. The molecule has 1 aliphatic heterocycles. The maximum Gasteiger partial charge on any atom is 0.335 e. The summed E-state index contributed by atoms with van der Waals surface area (Å²) in [6, 6.07) is 0. The molecule has 0 amide bonds. The number of rotatable bonds is 7. The van der Waals surface area contributed by atoms with Crippen LogP contribution < -0.4 is 0 Å². The summed E-state index contributed by atoms with van der Waals surface area (Å²) in [5, 5.41) is 0. The Morgan fingerprint density at radius 1 is 1.18 bits per heavy atom. The summed E-state index contributed by atoms with van der Waals surface area (Å²) >= 11 is 0. The molecule has 0 N–H and O–H groups in total. The minimum absolute atomic E-state index is 0.0164. The second kappa shape index (κ2) is 7.00. The van der Waals surface area contributed by atoms with Crippen LogP contribution in [0.5, 0.6) is 0 Å². The highest BCUT2D eigenvalue weighted by Crippen LogP contribution is 2.59. The molecule has 0 saturated carbocycles. The van der Waals surface area contributed by atoms with Gasteiger partial charge >= 0.3 is 13.6 Å². The van der Waals surface area contributed by atoms with Gasteiger partial charge in [-0.3, -0.25) is 9.36 Å². The summed E-state index contributed by atoms with van der Waals surface area (Å²) in [5.74, 6) is -0.418. The summed E-state index contributed by atoms with van der Waals surface area (Å²) < 4.78 is 34.6. The molecule has 1 aliphatic rings. The van der Waals surface area contributed by atoms with Crippen molar-refractivity contribution in [3.8, 4) is 0 Å². The monoisotopic (exact) mass is 336 g/mol. The fraction of sp³-hybridized carbons (Fsp3) is 0.933. The molecule has 6 nitrogen and oxygen atoms in total. The van der Waals surface area contributed by atoms with E-state index in [1.165, 1.54) is 0 Å². The average molecular weight is 336 g/mol. The summed E-state index contributed by atoms with van der Waals surface area (Å²) in [6.45, 7) is 13.4. The van der Waals surface area contributed by atoms with Crippen molar-refractivity contribution in [1.29, 1.82) is 0 Å². The zero-order valence-electron chi connectivity index (χ0n) is 14.7. The average Bonchev–Trinajstić information content (AvgIpc) is 3.04. The van der Waals surface area contributed by atoms with Gasteiger partial charge in [0.05, 0.1) is 29.9 Å². The van der Waals surface area contributed by atoms with Crippen LogP contribution in [0.1, 0.15) is 54.9 Å². The normalized spacial score (nSPS) is 20.6. The van der Waals surface area contributed by atoms with Crippen molar-refractivity contribution in [1.82, 2.24) is 0 Å². The van der Waals surface area contributed by atoms with Crippen molar-refractivity contribution in [2.45, 2.75) is 77.9 Å². The lowest BCUT2D eigenvalue weighted by molar-refractivity contribution is -0.144. The van der Waals surface area contributed by atoms with E-state index < -0.39 is 30.4 Å².